The summed E-state index contributed by atoms with van der Waals surface area (Å²) in [6.07, 6.45) is 1.65. The van der Waals surface area contributed by atoms with Gasteiger partial charge in [0, 0.05) is 27.1 Å². The molecule has 1 heterocycles. The highest BCUT2D eigenvalue weighted by Gasteiger charge is 2.23. The van der Waals surface area contributed by atoms with Crippen LogP contribution in [0.4, 0.5) is 4.79 Å². The van der Waals surface area contributed by atoms with Gasteiger partial charge >= 0.3 is 6.09 Å². The van der Waals surface area contributed by atoms with Crippen LogP contribution in [0, 0.1) is 0 Å². The molecule has 238 valence electrons. The highest BCUT2D eigenvalue weighted by Crippen LogP contribution is 2.40. The molecule has 0 saturated heterocycles. The lowest BCUT2D eigenvalue weighted by molar-refractivity contribution is -0.1000. The average Bonchev–Trinajstić information content (AvgIpc) is 3.44. The second-order valence-corrected chi connectivity index (χ2v) is 12.4. The van der Waals surface area contributed by atoms with Crippen molar-refractivity contribution in [1.29, 1.82) is 0 Å². The predicted molar refractivity (Wildman–Crippen MR) is 178 cm³/mol. The van der Waals surface area contributed by atoms with Crippen molar-refractivity contribution in [2.24, 2.45) is 0 Å². The lowest BCUT2D eigenvalue weighted by Crippen LogP contribution is -2.34. The maximum atomic E-state index is 12.3. The molecule has 5 rings (SSSR count). The fraction of sp³-hybridized carbons (Fsp3) is 0.229. The maximum absolute atomic E-state index is 12.3. The number of carbonyl (C=O) groups excluding carboxylic acids is 2. The first-order valence-corrected chi connectivity index (χ1v) is 15.1. The molecular weight excluding hydrogens is 629 g/mol. The van der Waals surface area contributed by atoms with E-state index in [0.717, 1.165) is 38.7 Å². The summed E-state index contributed by atoms with van der Waals surface area (Å²) in [5, 5.41) is 17.4. The highest BCUT2D eigenvalue weighted by atomic mass is 35.5. The van der Waals surface area contributed by atoms with E-state index in [1.54, 1.807) is 45.2 Å². The fourth-order valence-corrected chi connectivity index (χ4v) is 5.74. The second kappa shape index (κ2) is 13.4. The molecule has 46 heavy (non-hydrogen) atoms. The molecule has 0 spiro atoms. The van der Waals surface area contributed by atoms with Gasteiger partial charge in [-0.3, -0.25) is 14.7 Å². The molecule has 9 nitrogen and oxygen atoms in total. The molecule has 4 aromatic carbocycles. The number of methoxy groups -OCH3 is 2. The fourth-order valence-electron chi connectivity index (χ4n) is 5.17. The Hall–Kier alpha value is -4.57. The van der Waals surface area contributed by atoms with Gasteiger partial charge in [-0.1, -0.05) is 65.7 Å². The number of benzene rings is 4. The molecule has 0 aliphatic rings. The third kappa shape index (κ3) is 6.82. The number of carbonyl (C=O) groups is 2. The van der Waals surface area contributed by atoms with Gasteiger partial charge < -0.3 is 14.2 Å². The van der Waals surface area contributed by atoms with Gasteiger partial charge in [-0.2, -0.15) is 10.2 Å². The normalized spacial score (nSPS) is 11.4. The van der Waals surface area contributed by atoms with Gasteiger partial charge in [0.25, 0.3) is 0 Å². The number of rotatable bonds is 9. The van der Waals surface area contributed by atoms with Gasteiger partial charge in [0.1, 0.15) is 17.1 Å². The van der Waals surface area contributed by atoms with Gasteiger partial charge in [0.15, 0.2) is 6.29 Å². The van der Waals surface area contributed by atoms with Crippen molar-refractivity contribution < 1.29 is 29.0 Å². The zero-order valence-electron chi connectivity index (χ0n) is 26.0. The molecule has 0 aliphatic heterocycles. The van der Waals surface area contributed by atoms with Crippen molar-refractivity contribution in [3.63, 3.8) is 0 Å². The average molecular weight is 663 g/mol. The van der Waals surface area contributed by atoms with Gasteiger partial charge in [0.2, 0.25) is 0 Å². The molecule has 0 bridgehead atoms. The monoisotopic (exact) mass is 661 g/mol. The minimum absolute atomic E-state index is 0.128. The van der Waals surface area contributed by atoms with Crippen LogP contribution in [0.2, 0.25) is 10.0 Å². The number of fused-ring (bicyclic) bond motifs is 1. The number of hydrogen-bond acceptors (Lipinski definition) is 7. The molecule has 0 saturated carbocycles. The third-order valence-electron chi connectivity index (χ3n) is 7.34. The molecule has 5 aromatic rings. The van der Waals surface area contributed by atoms with Crippen molar-refractivity contribution in [1.82, 2.24) is 14.8 Å². The van der Waals surface area contributed by atoms with Crippen LogP contribution in [0.3, 0.4) is 0 Å². The molecule has 1 N–H and O–H groups in total. The van der Waals surface area contributed by atoms with E-state index in [1.807, 2.05) is 53.2 Å². The van der Waals surface area contributed by atoms with Crippen molar-refractivity contribution in [3.8, 4) is 33.8 Å². The molecule has 1 amide bonds. The first-order valence-electron chi connectivity index (χ1n) is 14.4. The zero-order chi connectivity index (χ0) is 33.2. The molecule has 0 aliphatic carbocycles. The number of hydroxylamine groups is 2. The minimum atomic E-state index is -0.856. The number of aromatic nitrogens is 2. The number of amides is 1. The summed E-state index contributed by atoms with van der Waals surface area (Å²) in [4.78, 5) is 23.7. The molecule has 1 aromatic heterocycles. The van der Waals surface area contributed by atoms with Crippen LogP contribution in [-0.4, -0.2) is 52.3 Å². The minimum Gasteiger partial charge on any atom is -0.496 e. The van der Waals surface area contributed by atoms with Gasteiger partial charge in [-0.15, -0.1) is 0 Å². The first kappa shape index (κ1) is 32.8. The Morgan fingerprint density at radius 1 is 0.935 bits per heavy atom. The van der Waals surface area contributed by atoms with Crippen LogP contribution < -0.4 is 9.47 Å². The highest BCUT2D eigenvalue weighted by molar-refractivity contribution is 6.36. The number of ether oxygens (including phenoxy) is 3. The van der Waals surface area contributed by atoms with Crippen molar-refractivity contribution >= 4 is 46.5 Å². The molecule has 0 radical (unpaired) electrons. The molecule has 0 fully saturated rings. The topological polar surface area (TPSA) is 103 Å². The van der Waals surface area contributed by atoms with Crippen LogP contribution >= 0.6 is 23.2 Å². The van der Waals surface area contributed by atoms with Gasteiger partial charge in [-0.05, 0) is 61.7 Å². The molecule has 0 atom stereocenters. The van der Waals surface area contributed by atoms with E-state index in [1.165, 1.54) is 14.2 Å². The standard InChI is InChI=1S/C35H33Cl2N3O6/c1-35(2,3)46-34(42)40(43)19-22-13-12-21(15-31(22)44-4)25-8-6-10-27(33(25)37)26-9-7-11-30-28(26)17-38-39(30)18-23-16-32(45-5)24(20-41)14-29(23)36/h6-17,20,43H,18-19H2,1-5H3. The van der Waals surface area contributed by atoms with E-state index >= 15 is 0 Å². The van der Waals surface area contributed by atoms with Crippen LogP contribution in [0.5, 0.6) is 11.5 Å². The molecule has 11 heteroatoms. The number of halogens is 2. The van der Waals surface area contributed by atoms with E-state index in [4.69, 9.17) is 37.4 Å². The lowest BCUT2D eigenvalue weighted by Gasteiger charge is -2.23. The van der Waals surface area contributed by atoms with Crippen LogP contribution in [0.15, 0.2) is 72.9 Å². The molecular formula is C35H33Cl2N3O6. The summed E-state index contributed by atoms with van der Waals surface area (Å²) in [6.45, 7) is 5.41. The van der Waals surface area contributed by atoms with Crippen molar-refractivity contribution in [2.75, 3.05) is 14.2 Å². The van der Waals surface area contributed by atoms with E-state index in [2.05, 4.69) is 5.10 Å². The smallest absolute Gasteiger partial charge is 0.434 e. The Morgan fingerprint density at radius 3 is 2.33 bits per heavy atom. The molecule has 0 unspecified atom stereocenters. The predicted octanol–water partition coefficient (Wildman–Crippen LogP) is 8.68. The number of hydrogen-bond donors (Lipinski definition) is 1. The van der Waals surface area contributed by atoms with Crippen LogP contribution in [0.1, 0.15) is 42.3 Å². The SMILES string of the molecule is COc1cc(Cn2ncc3c(-c4cccc(-c5ccc(CN(O)C(=O)OC(C)(C)C)c(OC)c5)c4Cl)cccc32)c(Cl)cc1C=O. The largest absolute Gasteiger partial charge is 0.496 e. The zero-order valence-corrected chi connectivity index (χ0v) is 27.5. The summed E-state index contributed by atoms with van der Waals surface area (Å²) in [5.41, 5.74) is 5.12. The Bertz CT molecular complexity index is 1930. The van der Waals surface area contributed by atoms with Crippen molar-refractivity contribution in [3.05, 3.63) is 99.7 Å². The Labute approximate surface area is 276 Å². The Morgan fingerprint density at radius 2 is 1.63 bits per heavy atom. The summed E-state index contributed by atoms with van der Waals surface area (Å²) >= 11 is 13.6. The summed E-state index contributed by atoms with van der Waals surface area (Å²) in [7, 11) is 3.03. The second-order valence-electron chi connectivity index (χ2n) is 11.6. The van der Waals surface area contributed by atoms with Crippen LogP contribution in [0.25, 0.3) is 33.2 Å². The van der Waals surface area contributed by atoms with Gasteiger partial charge in [0.05, 0.1) is 49.6 Å². The van der Waals surface area contributed by atoms with E-state index < -0.39 is 11.7 Å². The van der Waals surface area contributed by atoms with E-state index in [9.17, 15) is 14.8 Å². The Kier molecular flexibility index (Phi) is 9.58. The quantitative estimate of drug-likeness (QED) is 0.0957. The van der Waals surface area contributed by atoms with E-state index in [0.29, 0.717) is 50.6 Å². The summed E-state index contributed by atoms with van der Waals surface area (Å²) in [6, 6.07) is 20.5. The Balaban J connectivity index is 1.47. The third-order valence-corrected chi connectivity index (χ3v) is 8.10. The number of nitrogens with zero attached hydrogens (tertiary/aromatic N) is 3. The summed E-state index contributed by atoms with van der Waals surface area (Å²) in [5.74, 6) is 0.915. The maximum Gasteiger partial charge on any atom is 0.434 e. The number of aldehydes is 1. The summed E-state index contributed by atoms with van der Waals surface area (Å²) < 4.78 is 18.1. The first-order chi connectivity index (χ1) is 21.9. The van der Waals surface area contributed by atoms with Crippen LogP contribution in [-0.2, 0) is 17.8 Å². The van der Waals surface area contributed by atoms with Gasteiger partial charge in [-0.25, -0.2) is 4.79 Å². The van der Waals surface area contributed by atoms with E-state index in [-0.39, 0.29) is 6.54 Å². The van der Waals surface area contributed by atoms with Crippen molar-refractivity contribution in [2.45, 2.75) is 39.5 Å². The lowest BCUT2D eigenvalue weighted by atomic mass is 9.96.